The number of nitrogens with zero attached hydrogens (tertiary/aromatic N) is 1. The summed E-state index contributed by atoms with van der Waals surface area (Å²) in [5.41, 5.74) is 1.37. The molecule has 46 heavy (non-hydrogen) atoms. The number of alkyl carbamates (subject to hydrolysis) is 2. The Balaban J connectivity index is 1.81. The average molecular weight is 635 g/mol. The Kier molecular flexibility index (Phi) is 13.5. The molecule has 0 spiro atoms. The fraction of sp³-hybridized carbons (Fsp3) is 0.429. The van der Waals surface area contributed by atoms with Gasteiger partial charge in [0.1, 0.15) is 30.5 Å². The molecule has 248 valence electrons. The summed E-state index contributed by atoms with van der Waals surface area (Å²) in [5, 5.41) is 31.3. The molecule has 11 nitrogen and oxygen atoms in total. The first kappa shape index (κ1) is 36.0. The minimum absolute atomic E-state index is 0.0753. The number of carbonyl (C=O) groups is 3. The number of rotatable bonds is 14. The Morgan fingerprint density at radius 3 is 1.74 bits per heavy atom. The Morgan fingerprint density at radius 2 is 1.26 bits per heavy atom. The molecular formula is C35H46N4O7. The van der Waals surface area contributed by atoms with Crippen LogP contribution in [0.15, 0.2) is 85.1 Å². The van der Waals surface area contributed by atoms with Crippen LogP contribution in [0.5, 0.6) is 0 Å². The van der Waals surface area contributed by atoms with Crippen LogP contribution in [0.4, 0.5) is 9.59 Å². The third-order valence-corrected chi connectivity index (χ3v) is 7.10. The monoisotopic (exact) mass is 634 g/mol. The van der Waals surface area contributed by atoms with Crippen LogP contribution >= 0.6 is 0 Å². The SMILES string of the molecule is CC(C)[C@H](NC(=O)OCc1ccccn1)C(=O)N[C@@H](Cc1ccccc1)[C@@H](O)[C@@H](O)[C@H](Cc1ccccc1)NC(=O)OC(C)(C)C. The van der Waals surface area contributed by atoms with E-state index in [9.17, 15) is 24.6 Å². The summed E-state index contributed by atoms with van der Waals surface area (Å²) < 4.78 is 10.7. The molecule has 0 radical (unpaired) electrons. The van der Waals surface area contributed by atoms with Crippen molar-refractivity contribution in [3.05, 3.63) is 102 Å². The zero-order valence-electron chi connectivity index (χ0n) is 27.1. The lowest BCUT2D eigenvalue weighted by molar-refractivity contribution is -0.126. The first-order valence-corrected chi connectivity index (χ1v) is 15.4. The lowest BCUT2D eigenvalue weighted by atomic mass is 9.90. The van der Waals surface area contributed by atoms with E-state index in [0.717, 1.165) is 11.1 Å². The maximum atomic E-state index is 13.6. The van der Waals surface area contributed by atoms with Gasteiger partial charge in [0.25, 0.3) is 0 Å². The Bertz CT molecular complexity index is 1370. The highest BCUT2D eigenvalue weighted by atomic mass is 16.6. The average Bonchev–Trinajstić information content (AvgIpc) is 3.01. The zero-order valence-corrected chi connectivity index (χ0v) is 27.1. The van der Waals surface area contributed by atoms with E-state index in [1.807, 2.05) is 60.7 Å². The van der Waals surface area contributed by atoms with Crippen molar-refractivity contribution >= 4 is 18.1 Å². The fourth-order valence-electron chi connectivity index (χ4n) is 4.78. The molecule has 0 aliphatic rings. The number of carbonyl (C=O) groups excluding carboxylic acids is 3. The molecule has 3 aromatic rings. The maximum absolute atomic E-state index is 13.6. The molecule has 1 heterocycles. The van der Waals surface area contributed by atoms with E-state index in [1.54, 1.807) is 59.0 Å². The van der Waals surface area contributed by atoms with Gasteiger partial charge in [-0.15, -0.1) is 0 Å². The van der Waals surface area contributed by atoms with Gasteiger partial charge in [-0.1, -0.05) is 80.6 Å². The van der Waals surface area contributed by atoms with Crippen molar-refractivity contribution in [2.75, 3.05) is 0 Å². The molecule has 0 unspecified atom stereocenters. The molecule has 1 aromatic heterocycles. The van der Waals surface area contributed by atoms with Gasteiger partial charge in [-0.2, -0.15) is 0 Å². The Hall–Kier alpha value is -4.48. The number of nitrogens with one attached hydrogen (secondary N) is 3. The molecular weight excluding hydrogens is 588 g/mol. The van der Waals surface area contributed by atoms with Crippen LogP contribution in [-0.2, 0) is 33.7 Å². The van der Waals surface area contributed by atoms with E-state index in [0.29, 0.717) is 5.69 Å². The molecule has 3 amide bonds. The molecule has 5 N–H and O–H groups in total. The lowest BCUT2D eigenvalue weighted by Crippen LogP contribution is -2.60. The van der Waals surface area contributed by atoms with E-state index in [2.05, 4.69) is 20.9 Å². The number of hydrogen-bond donors (Lipinski definition) is 5. The predicted octanol–water partition coefficient (Wildman–Crippen LogP) is 3.92. The van der Waals surface area contributed by atoms with Gasteiger partial charge < -0.3 is 35.6 Å². The number of benzene rings is 2. The van der Waals surface area contributed by atoms with Crippen molar-refractivity contribution in [1.82, 2.24) is 20.9 Å². The maximum Gasteiger partial charge on any atom is 0.408 e. The summed E-state index contributed by atoms with van der Waals surface area (Å²) in [5.74, 6) is -0.918. The summed E-state index contributed by atoms with van der Waals surface area (Å²) >= 11 is 0. The zero-order chi connectivity index (χ0) is 33.7. The number of ether oxygens (including phenoxy) is 2. The Labute approximate surface area is 270 Å². The molecule has 0 bridgehead atoms. The number of aliphatic hydroxyl groups is 2. The van der Waals surface area contributed by atoms with Crippen molar-refractivity contribution in [3.63, 3.8) is 0 Å². The molecule has 0 aliphatic carbocycles. The molecule has 0 saturated heterocycles. The van der Waals surface area contributed by atoms with E-state index in [-0.39, 0.29) is 25.4 Å². The van der Waals surface area contributed by atoms with Crippen LogP contribution in [0.25, 0.3) is 0 Å². The minimum Gasteiger partial charge on any atom is -0.444 e. The third kappa shape index (κ3) is 12.1. The van der Waals surface area contributed by atoms with E-state index in [4.69, 9.17) is 9.47 Å². The second kappa shape index (κ2) is 17.3. The van der Waals surface area contributed by atoms with Crippen LogP contribution in [0.3, 0.4) is 0 Å². The van der Waals surface area contributed by atoms with Crippen LogP contribution in [0.2, 0.25) is 0 Å². The summed E-state index contributed by atoms with van der Waals surface area (Å²) in [7, 11) is 0. The number of pyridine rings is 1. The highest BCUT2D eigenvalue weighted by Gasteiger charge is 2.37. The van der Waals surface area contributed by atoms with Crippen molar-refractivity contribution in [2.24, 2.45) is 5.92 Å². The van der Waals surface area contributed by atoms with Gasteiger partial charge in [0.2, 0.25) is 5.91 Å². The highest BCUT2D eigenvalue weighted by Crippen LogP contribution is 2.17. The van der Waals surface area contributed by atoms with E-state index in [1.165, 1.54) is 0 Å². The van der Waals surface area contributed by atoms with E-state index >= 15 is 0 Å². The van der Waals surface area contributed by atoms with Gasteiger partial charge >= 0.3 is 12.2 Å². The standard InChI is InChI=1S/C35H46N4O7/c1-23(2)29(39-33(43)45-22-26-18-12-13-19-36-26)32(42)37-27(20-24-14-8-6-9-15-24)30(40)31(41)28(21-25-16-10-7-11-17-25)38-34(44)46-35(3,4)5/h6-19,23,27-31,40-41H,20-22H2,1-5H3,(H,37,42)(H,38,44)(H,39,43)/t27-,28-,29-,30+,31-/m0/s1. The van der Waals surface area contributed by atoms with Crippen molar-refractivity contribution < 1.29 is 34.1 Å². The normalized spacial score (nSPS) is 14.7. The van der Waals surface area contributed by atoms with Crippen molar-refractivity contribution in [1.29, 1.82) is 0 Å². The first-order chi connectivity index (χ1) is 21.8. The second-order valence-electron chi connectivity index (χ2n) is 12.5. The summed E-state index contributed by atoms with van der Waals surface area (Å²) in [6.45, 7) is 8.63. The second-order valence-corrected chi connectivity index (χ2v) is 12.5. The highest BCUT2D eigenvalue weighted by molar-refractivity contribution is 5.86. The predicted molar refractivity (Wildman–Crippen MR) is 174 cm³/mol. The van der Waals surface area contributed by atoms with Gasteiger partial charge in [0.15, 0.2) is 0 Å². The van der Waals surface area contributed by atoms with Crippen LogP contribution in [0, 0.1) is 5.92 Å². The van der Waals surface area contributed by atoms with Gasteiger partial charge in [-0.05, 0) is 62.8 Å². The van der Waals surface area contributed by atoms with Gasteiger partial charge in [-0.25, -0.2) is 9.59 Å². The number of aliphatic hydroxyl groups excluding tert-OH is 2. The molecule has 5 atom stereocenters. The van der Waals surface area contributed by atoms with Crippen molar-refractivity contribution in [2.45, 2.75) is 90.0 Å². The number of amides is 3. The molecule has 0 saturated carbocycles. The van der Waals surface area contributed by atoms with E-state index < -0.39 is 54.0 Å². The summed E-state index contributed by atoms with van der Waals surface area (Å²) in [4.78, 5) is 43.2. The quantitative estimate of drug-likeness (QED) is 0.179. The van der Waals surface area contributed by atoms with Gasteiger partial charge in [-0.3, -0.25) is 9.78 Å². The third-order valence-electron chi connectivity index (χ3n) is 7.10. The van der Waals surface area contributed by atoms with Crippen molar-refractivity contribution in [3.8, 4) is 0 Å². The summed E-state index contributed by atoms with van der Waals surface area (Å²) in [6, 6.07) is 20.6. The first-order valence-electron chi connectivity index (χ1n) is 15.4. The number of hydrogen-bond acceptors (Lipinski definition) is 8. The van der Waals surface area contributed by atoms with Gasteiger partial charge in [0, 0.05) is 6.20 Å². The number of aromatic nitrogens is 1. The Morgan fingerprint density at radius 1 is 0.739 bits per heavy atom. The molecule has 2 aromatic carbocycles. The van der Waals surface area contributed by atoms with Gasteiger partial charge in [0.05, 0.1) is 17.8 Å². The smallest absolute Gasteiger partial charge is 0.408 e. The molecule has 3 rings (SSSR count). The van der Waals surface area contributed by atoms with Crippen LogP contribution in [-0.4, -0.2) is 69.2 Å². The van der Waals surface area contributed by atoms with Crippen LogP contribution < -0.4 is 16.0 Å². The fourth-order valence-corrected chi connectivity index (χ4v) is 4.78. The molecule has 0 aliphatic heterocycles. The molecule has 0 fully saturated rings. The summed E-state index contributed by atoms with van der Waals surface area (Å²) in [6.07, 6.45) is -2.68. The topological polar surface area (TPSA) is 159 Å². The van der Waals surface area contributed by atoms with Crippen LogP contribution in [0.1, 0.15) is 51.4 Å². The largest absolute Gasteiger partial charge is 0.444 e. The minimum atomic E-state index is -1.53. The lowest BCUT2D eigenvalue weighted by Gasteiger charge is -2.34. The molecule has 11 heteroatoms.